The first-order valence-corrected chi connectivity index (χ1v) is 6.31. The lowest BCUT2D eigenvalue weighted by Gasteiger charge is -2.38. The Balaban J connectivity index is 2.40. The molecular weight excluding hydrogens is 233 g/mol. The molecule has 92 valence electrons. The topological polar surface area (TPSA) is 64.5 Å². The van der Waals surface area contributed by atoms with Gasteiger partial charge in [0, 0.05) is 12.6 Å². The summed E-state index contributed by atoms with van der Waals surface area (Å²) in [5.74, 6) is -1.59. The molecule has 1 rings (SSSR count). The van der Waals surface area contributed by atoms with Gasteiger partial charge in [-0.25, -0.2) is 4.72 Å². The Labute approximate surface area is 87.7 Å². The molecule has 1 unspecified atom stereocenters. The second-order valence-corrected chi connectivity index (χ2v) is 5.45. The Hall–Kier alpha value is -0.0200. The van der Waals surface area contributed by atoms with Gasteiger partial charge < -0.3 is 5.32 Å². The van der Waals surface area contributed by atoms with Gasteiger partial charge in [0.2, 0.25) is 0 Å². The number of halogens is 3. The normalized spacial score (nSPS) is 25.3. The van der Waals surface area contributed by atoms with Crippen LogP contribution in [0.5, 0.6) is 0 Å². The van der Waals surface area contributed by atoms with Crippen LogP contribution in [0.2, 0.25) is 0 Å². The fourth-order valence-corrected chi connectivity index (χ4v) is 2.76. The Bertz CT molecular complexity index is 207. The smallest absolute Gasteiger partial charge is 0.315 e. The number of hydrogen-bond donors (Lipinski definition) is 4. The van der Waals surface area contributed by atoms with E-state index in [1.165, 1.54) is 0 Å². The Morgan fingerprint density at radius 3 is 2.53 bits per heavy atom. The number of hydrogen-bond acceptors (Lipinski definition) is 4. The Morgan fingerprint density at radius 1 is 1.40 bits per heavy atom. The van der Waals surface area contributed by atoms with Gasteiger partial charge in [-0.3, -0.25) is 9.11 Å². The van der Waals surface area contributed by atoms with Crippen LogP contribution >= 0.6 is 10.8 Å². The average molecular weight is 248 g/mol. The zero-order valence-corrected chi connectivity index (χ0v) is 8.87. The van der Waals surface area contributed by atoms with E-state index >= 15 is 0 Å². The first-order chi connectivity index (χ1) is 6.79. The molecule has 0 aromatic heterocycles. The highest BCUT2D eigenvalue weighted by Crippen LogP contribution is 2.40. The maximum Gasteiger partial charge on any atom is 0.407 e. The molecule has 0 saturated carbocycles. The summed E-state index contributed by atoms with van der Waals surface area (Å²) in [6, 6.07) is -0.300. The highest BCUT2D eigenvalue weighted by Gasteiger charge is 2.36. The standard InChI is InChI=1S/C7H15F3N2O2S/c8-7(9,10)5-15(13,14)12-6-2-1-3-11-4-6/h6,11-14H,1-5H2. The molecule has 15 heavy (non-hydrogen) atoms. The van der Waals surface area contributed by atoms with Gasteiger partial charge >= 0.3 is 6.18 Å². The van der Waals surface area contributed by atoms with Crippen molar-refractivity contribution in [1.29, 1.82) is 0 Å². The van der Waals surface area contributed by atoms with Crippen LogP contribution in [0, 0.1) is 0 Å². The number of rotatable bonds is 3. The van der Waals surface area contributed by atoms with Gasteiger partial charge in [0.1, 0.15) is 5.75 Å². The molecular formula is C7H15F3N2O2S. The van der Waals surface area contributed by atoms with Crippen molar-refractivity contribution in [1.82, 2.24) is 10.0 Å². The summed E-state index contributed by atoms with van der Waals surface area (Å²) in [6.45, 7) is 1.28. The van der Waals surface area contributed by atoms with Crippen LogP contribution in [-0.4, -0.2) is 40.2 Å². The fourth-order valence-electron chi connectivity index (χ4n) is 1.49. The summed E-state index contributed by atoms with van der Waals surface area (Å²) in [5.41, 5.74) is 0. The molecule has 1 saturated heterocycles. The van der Waals surface area contributed by atoms with Gasteiger partial charge in [-0.2, -0.15) is 13.2 Å². The lowest BCUT2D eigenvalue weighted by Crippen LogP contribution is -2.45. The van der Waals surface area contributed by atoms with Gasteiger partial charge in [-0.1, -0.05) is 0 Å². The van der Waals surface area contributed by atoms with E-state index in [9.17, 15) is 22.3 Å². The summed E-state index contributed by atoms with van der Waals surface area (Å²) in [6.07, 6.45) is -3.09. The monoisotopic (exact) mass is 248 g/mol. The van der Waals surface area contributed by atoms with Crippen molar-refractivity contribution in [3.63, 3.8) is 0 Å². The Morgan fingerprint density at radius 2 is 2.07 bits per heavy atom. The first kappa shape index (κ1) is 13.0. The molecule has 4 N–H and O–H groups in total. The Kier molecular flexibility index (Phi) is 4.24. The minimum Gasteiger partial charge on any atom is -0.315 e. The first-order valence-electron chi connectivity index (χ1n) is 4.59. The van der Waals surface area contributed by atoms with Crippen molar-refractivity contribution < 1.29 is 22.3 Å². The highest BCUT2D eigenvalue weighted by atomic mass is 32.3. The minimum absolute atomic E-state index is 0.300. The molecule has 0 aromatic carbocycles. The molecule has 0 radical (unpaired) electrons. The van der Waals surface area contributed by atoms with Crippen LogP contribution in [0.4, 0.5) is 13.2 Å². The van der Waals surface area contributed by atoms with E-state index in [0.717, 1.165) is 13.0 Å². The predicted octanol–water partition coefficient (Wildman–Crippen LogP) is 1.56. The number of alkyl halides is 3. The molecule has 0 aliphatic carbocycles. The van der Waals surface area contributed by atoms with E-state index in [0.29, 0.717) is 13.0 Å². The van der Waals surface area contributed by atoms with Crippen LogP contribution < -0.4 is 10.0 Å². The summed E-state index contributed by atoms with van der Waals surface area (Å²) < 4.78 is 56.5. The molecule has 1 heterocycles. The number of piperidine rings is 1. The molecule has 0 amide bonds. The van der Waals surface area contributed by atoms with Gasteiger partial charge in [0.25, 0.3) is 0 Å². The van der Waals surface area contributed by atoms with Crippen LogP contribution in [0.25, 0.3) is 0 Å². The summed E-state index contributed by atoms with van der Waals surface area (Å²) in [4.78, 5) is 0. The lowest BCUT2D eigenvalue weighted by atomic mass is 10.1. The zero-order valence-electron chi connectivity index (χ0n) is 8.05. The second kappa shape index (κ2) is 4.88. The van der Waals surface area contributed by atoms with Crippen molar-refractivity contribution in [2.45, 2.75) is 25.1 Å². The SMILES string of the molecule is OS(O)(CC(F)(F)F)NC1CCCNC1. The van der Waals surface area contributed by atoms with Gasteiger partial charge in [-0.15, -0.1) is 10.8 Å². The third kappa shape index (κ3) is 5.57. The van der Waals surface area contributed by atoms with Crippen molar-refractivity contribution in [3.8, 4) is 0 Å². The number of nitrogens with one attached hydrogen (secondary N) is 2. The predicted molar refractivity (Wildman–Crippen MR) is 52.8 cm³/mol. The average Bonchev–Trinajstić information content (AvgIpc) is 1.99. The van der Waals surface area contributed by atoms with E-state index in [2.05, 4.69) is 10.0 Å². The fraction of sp³-hybridized carbons (Fsp3) is 1.00. The molecule has 1 fully saturated rings. The molecule has 1 aliphatic heterocycles. The molecule has 0 aromatic rings. The quantitative estimate of drug-likeness (QED) is 0.612. The van der Waals surface area contributed by atoms with Gasteiger partial charge in [0.15, 0.2) is 0 Å². The molecule has 1 aliphatic rings. The molecule has 8 heteroatoms. The lowest BCUT2D eigenvalue weighted by molar-refractivity contribution is -0.107. The second-order valence-electron chi connectivity index (χ2n) is 3.59. The van der Waals surface area contributed by atoms with E-state index in [4.69, 9.17) is 0 Å². The molecule has 1 atom stereocenters. The van der Waals surface area contributed by atoms with E-state index in [1.807, 2.05) is 0 Å². The molecule has 4 nitrogen and oxygen atoms in total. The summed E-state index contributed by atoms with van der Waals surface area (Å²) in [5, 5.41) is 2.97. The van der Waals surface area contributed by atoms with Crippen LogP contribution in [0.3, 0.4) is 0 Å². The van der Waals surface area contributed by atoms with E-state index in [-0.39, 0.29) is 6.04 Å². The van der Waals surface area contributed by atoms with Gasteiger partial charge in [-0.05, 0) is 19.4 Å². The van der Waals surface area contributed by atoms with Crippen LogP contribution in [0.1, 0.15) is 12.8 Å². The van der Waals surface area contributed by atoms with Gasteiger partial charge in [0.05, 0.1) is 0 Å². The third-order valence-electron chi connectivity index (χ3n) is 2.02. The summed E-state index contributed by atoms with van der Waals surface area (Å²) in [7, 11) is -3.75. The van der Waals surface area contributed by atoms with Crippen LogP contribution in [0.15, 0.2) is 0 Å². The van der Waals surface area contributed by atoms with E-state index in [1.54, 1.807) is 0 Å². The van der Waals surface area contributed by atoms with Crippen molar-refractivity contribution in [2.75, 3.05) is 18.8 Å². The minimum atomic E-state index is -4.56. The van der Waals surface area contributed by atoms with Crippen LogP contribution in [-0.2, 0) is 0 Å². The zero-order chi connectivity index (χ0) is 11.5. The molecule has 0 spiro atoms. The maximum atomic E-state index is 12.0. The van der Waals surface area contributed by atoms with Crippen molar-refractivity contribution in [2.24, 2.45) is 0 Å². The highest BCUT2D eigenvalue weighted by molar-refractivity contribution is 8.22. The maximum absolute atomic E-state index is 12.0. The van der Waals surface area contributed by atoms with Crippen molar-refractivity contribution >= 4 is 10.8 Å². The largest absolute Gasteiger partial charge is 0.407 e. The van der Waals surface area contributed by atoms with Crippen molar-refractivity contribution in [3.05, 3.63) is 0 Å². The van der Waals surface area contributed by atoms with E-state index < -0.39 is 22.7 Å². The summed E-state index contributed by atoms with van der Waals surface area (Å²) >= 11 is 0. The molecule has 0 bridgehead atoms. The third-order valence-corrected chi connectivity index (χ3v) is 3.46.